The number of aliphatic hydroxyl groups excluding tert-OH is 1. The molecule has 2 nitrogen and oxygen atoms in total. The molecule has 1 aromatic rings. The van der Waals surface area contributed by atoms with Gasteiger partial charge >= 0.3 is 6.18 Å². The quantitative estimate of drug-likeness (QED) is 0.852. The summed E-state index contributed by atoms with van der Waals surface area (Å²) in [7, 11) is 1.45. The van der Waals surface area contributed by atoms with Crippen molar-refractivity contribution in [3.8, 4) is 5.75 Å². The molecule has 0 aliphatic rings. The minimum absolute atomic E-state index is 0.134. The number of methoxy groups -OCH3 is 1. The maximum absolute atomic E-state index is 12.3. The van der Waals surface area contributed by atoms with Crippen LogP contribution in [-0.2, 0) is 0 Å². The molecule has 0 heterocycles. The molecule has 1 atom stereocenters. The van der Waals surface area contributed by atoms with Crippen molar-refractivity contribution in [3.05, 3.63) is 28.8 Å². The van der Waals surface area contributed by atoms with E-state index in [1.54, 1.807) is 6.92 Å². The van der Waals surface area contributed by atoms with Gasteiger partial charge in [0.1, 0.15) is 5.75 Å². The molecular weight excluding hydrogens is 221 g/mol. The summed E-state index contributed by atoms with van der Waals surface area (Å²) in [5.74, 6) is 0.510. The van der Waals surface area contributed by atoms with Gasteiger partial charge in [-0.05, 0) is 36.6 Å². The van der Waals surface area contributed by atoms with E-state index in [-0.39, 0.29) is 5.56 Å². The summed E-state index contributed by atoms with van der Waals surface area (Å²) in [4.78, 5) is 0. The number of hydrogen-bond acceptors (Lipinski definition) is 2. The van der Waals surface area contributed by atoms with Gasteiger partial charge in [0.15, 0.2) is 6.10 Å². The van der Waals surface area contributed by atoms with E-state index in [1.165, 1.54) is 26.2 Å². The van der Waals surface area contributed by atoms with Crippen molar-refractivity contribution in [3.63, 3.8) is 0 Å². The monoisotopic (exact) mass is 234 g/mol. The first kappa shape index (κ1) is 12.8. The molecule has 90 valence electrons. The highest BCUT2D eigenvalue weighted by molar-refractivity contribution is 5.44. The Kier molecular flexibility index (Phi) is 3.48. The Morgan fingerprint density at radius 3 is 2.19 bits per heavy atom. The lowest BCUT2D eigenvalue weighted by molar-refractivity contribution is -0.207. The average Bonchev–Trinajstić information content (AvgIpc) is 2.20. The van der Waals surface area contributed by atoms with Crippen LogP contribution in [0.2, 0.25) is 0 Å². The molecule has 0 fully saturated rings. The number of aliphatic hydroxyl groups is 1. The zero-order valence-corrected chi connectivity index (χ0v) is 9.22. The first-order chi connectivity index (χ1) is 7.29. The second-order valence-corrected chi connectivity index (χ2v) is 3.55. The van der Waals surface area contributed by atoms with Crippen molar-refractivity contribution >= 4 is 0 Å². The Labute approximate surface area is 91.7 Å². The lowest BCUT2D eigenvalue weighted by atomic mass is 9.98. The second-order valence-electron chi connectivity index (χ2n) is 3.55. The Morgan fingerprint density at radius 1 is 1.19 bits per heavy atom. The molecule has 1 rings (SSSR count). The molecule has 1 N–H and O–H groups in total. The predicted molar refractivity (Wildman–Crippen MR) is 53.5 cm³/mol. The summed E-state index contributed by atoms with van der Waals surface area (Å²) in [6, 6.07) is 2.66. The standard InChI is InChI=1S/C11H13F3O2/c1-6-7(2)9(16-3)5-4-8(6)10(15)11(12,13)14/h4-5,10,15H,1-3H3. The number of alkyl halides is 3. The van der Waals surface area contributed by atoms with E-state index in [0.29, 0.717) is 16.9 Å². The van der Waals surface area contributed by atoms with Gasteiger partial charge < -0.3 is 9.84 Å². The zero-order valence-electron chi connectivity index (χ0n) is 9.22. The van der Waals surface area contributed by atoms with Crippen LogP contribution in [0.3, 0.4) is 0 Å². The van der Waals surface area contributed by atoms with Crippen molar-refractivity contribution in [2.45, 2.75) is 26.1 Å². The average molecular weight is 234 g/mol. The topological polar surface area (TPSA) is 29.5 Å². The molecule has 0 saturated carbocycles. The molecule has 0 amide bonds. The molecule has 1 unspecified atom stereocenters. The van der Waals surface area contributed by atoms with E-state index in [1.807, 2.05) is 0 Å². The summed E-state index contributed by atoms with van der Waals surface area (Å²) >= 11 is 0. The number of halogens is 3. The van der Waals surface area contributed by atoms with Crippen LogP contribution in [0.25, 0.3) is 0 Å². The summed E-state index contributed by atoms with van der Waals surface area (Å²) in [5.41, 5.74) is 0.860. The van der Waals surface area contributed by atoms with Crippen molar-refractivity contribution in [1.82, 2.24) is 0 Å². The largest absolute Gasteiger partial charge is 0.496 e. The highest BCUT2D eigenvalue weighted by atomic mass is 19.4. The molecule has 0 saturated heterocycles. The van der Waals surface area contributed by atoms with E-state index in [2.05, 4.69) is 0 Å². The zero-order chi connectivity index (χ0) is 12.5. The summed E-state index contributed by atoms with van der Waals surface area (Å²) in [6.45, 7) is 3.18. The van der Waals surface area contributed by atoms with Crippen LogP contribution < -0.4 is 4.74 Å². The van der Waals surface area contributed by atoms with Crippen LogP contribution in [0.1, 0.15) is 22.8 Å². The van der Waals surface area contributed by atoms with Crippen molar-refractivity contribution in [2.75, 3.05) is 7.11 Å². The molecule has 16 heavy (non-hydrogen) atoms. The maximum atomic E-state index is 12.3. The lowest BCUT2D eigenvalue weighted by Gasteiger charge is -2.19. The molecule has 0 radical (unpaired) electrons. The van der Waals surface area contributed by atoms with E-state index >= 15 is 0 Å². The van der Waals surface area contributed by atoms with Gasteiger partial charge in [-0.3, -0.25) is 0 Å². The van der Waals surface area contributed by atoms with Gasteiger partial charge in [-0.15, -0.1) is 0 Å². The van der Waals surface area contributed by atoms with Crippen molar-refractivity contribution in [2.24, 2.45) is 0 Å². The highest BCUT2D eigenvalue weighted by Gasteiger charge is 2.40. The van der Waals surface area contributed by atoms with Gasteiger partial charge in [-0.25, -0.2) is 0 Å². The van der Waals surface area contributed by atoms with Gasteiger partial charge in [0.25, 0.3) is 0 Å². The van der Waals surface area contributed by atoms with E-state index < -0.39 is 12.3 Å². The summed E-state index contributed by atoms with van der Waals surface area (Å²) in [5, 5.41) is 9.16. The third-order valence-corrected chi connectivity index (χ3v) is 2.60. The van der Waals surface area contributed by atoms with E-state index in [9.17, 15) is 13.2 Å². The lowest BCUT2D eigenvalue weighted by Crippen LogP contribution is -2.21. The van der Waals surface area contributed by atoms with Crippen LogP contribution in [0.15, 0.2) is 12.1 Å². The normalized spacial score (nSPS) is 13.7. The van der Waals surface area contributed by atoms with Gasteiger partial charge in [0.2, 0.25) is 0 Å². The van der Waals surface area contributed by atoms with Crippen LogP contribution in [0.4, 0.5) is 13.2 Å². The van der Waals surface area contributed by atoms with E-state index in [4.69, 9.17) is 9.84 Å². The number of ether oxygens (including phenoxy) is 1. The number of benzene rings is 1. The first-order valence-corrected chi connectivity index (χ1v) is 4.68. The SMILES string of the molecule is COc1ccc(C(O)C(F)(F)F)c(C)c1C. The fourth-order valence-electron chi connectivity index (χ4n) is 1.51. The van der Waals surface area contributed by atoms with Gasteiger partial charge in [0, 0.05) is 0 Å². The summed E-state index contributed by atoms with van der Waals surface area (Å²) < 4.78 is 42.0. The van der Waals surface area contributed by atoms with E-state index in [0.717, 1.165) is 0 Å². The van der Waals surface area contributed by atoms with Crippen LogP contribution in [0, 0.1) is 13.8 Å². The molecule has 0 aromatic heterocycles. The number of hydrogen-bond donors (Lipinski definition) is 1. The minimum atomic E-state index is -4.65. The molecule has 0 bridgehead atoms. The molecule has 0 aliphatic carbocycles. The first-order valence-electron chi connectivity index (χ1n) is 4.68. The van der Waals surface area contributed by atoms with Crippen LogP contribution >= 0.6 is 0 Å². The molecule has 0 aliphatic heterocycles. The third kappa shape index (κ3) is 2.29. The number of rotatable bonds is 2. The Hall–Kier alpha value is -1.23. The van der Waals surface area contributed by atoms with Crippen molar-refractivity contribution in [1.29, 1.82) is 0 Å². The van der Waals surface area contributed by atoms with Gasteiger partial charge in [0.05, 0.1) is 7.11 Å². The third-order valence-electron chi connectivity index (χ3n) is 2.60. The molecular formula is C11H13F3O2. The van der Waals surface area contributed by atoms with Gasteiger partial charge in [-0.1, -0.05) is 6.07 Å². The second kappa shape index (κ2) is 4.33. The summed E-state index contributed by atoms with van der Waals surface area (Å²) in [6.07, 6.45) is -7.09. The van der Waals surface area contributed by atoms with Crippen LogP contribution in [-0.4, -0.2) is 18.4 Å². The molecule has 1 aromatic carbocycles. The Balaban J connectivity index is 3.22. The minimum Gasteiger partial charge on any atom is -0.496 e. The molecule has 0 spiro atoms. The smallest absolute Gasteiger partial charge is 0.418 e. The maximum Gasteiger partial charge on any atom is 0.418 e. The van der Waals surface area contributed by atoms with Crippen molar-refractivity contribution < 1.29 is 23.0 Å². The van der Waals surface area contributed by atoms with Crippen LogP contribution in [0.5, 0.6) is 5.75 Å². The fourth-order valence-corrected chi connectivity index (χ4v) is 1.51. The predicted octanol–water partition coefficient (Wildman–Crippen LogP) is 2.91. The highest BCUT2D eigenvalue weighted by Crippen LogP contribution is 2.36. The molecule has 5 heteroatoms. The van der Waals surface area contributed by atoms with Gasteiger partial charge in [-0.2, -0.15) is 13.2 Å². The Morgan fingerprint density at radius 2 is 1.75 bits per heavy atom. The Bertz CT molecular complexity index is 386. The fraction of sp³-hybridized carbons (Fsp3) is 0.455.